The third-order valence-corrected chi connectivity index (χ3v) is 3.48. The number of hydrogen-bond donors (Lipinski definition) is 1. The summed E-state index contributed by atoms with van der Waals surface area (Å²) in [5.41, 5.74) is -0.500. The van der Waals surface area contributed by atoms with Crippen molar-refractivity contribution in [2.24, 2.45) is 5.92 Å². The molecule has 1 N–H and O–H groups in total. The Labute approximate surface area is 105 Å². The van der Waals surface area contributed by atoms with Gasteiger partial charge < -0.3 is 15.0 Å². The van der Waals surface area contributed by atoms with Crippen molar-refractivity contribution in [2.75, 3.05) is 33.8 Å². The second-order valence-electron chi connectivity index (χ2n) is 4.95. The number of nitrogens with zero attached hydrogens (tertiary/aromatic N) is 1. The molecule has 0 amide bonds. The predicted molar refractivity (Wildman–Crippen MR) is 68.9 cm³/mol. The molecule has 0 saturated heterocycles. The van der Waals surface area contributed by atoms with E-state index in [1.54, 1.807) is 0 Å². The Balaban J connectivity index is 2.73. The topological polar surface area (TPSA) is 41.6 Å². The van der Waals surface area contributed by atoms with Gasteiger partial charge in [-0.2, -0.15) is 0 Å². The molecule has 1 rings (SSSR count). The van der Waals surface area contributed by atoms with E-state index in [9.17, 15) is 4.79 Å². The van der Waals surface area contributed by atoms with E-state index in [4.69, 9.17) is 4.74 Å². The molecule has 0 heterocycles. The molecular formula is C13H26N2O2. The lowest BCUT2D eigenvalue weighted by Gasteiger charge is -2.35. The van der Waals surface area contributed by atoms with Crippen molar-refractivity contribution in [1.29, 1.82) is 0 Å². The average Bonchev–Trinajstić information content (AvgIpc) is 3.10. The Morgan fingerprint density at radius 3 is 2.53 bits per heavy atom. The van der Waals surface area contributed by atoms with Crippen LogP contribution in [-0.2, 0) is 9.53 Å². The predicted octanol–water partition coefficient (Wildman–Crippen LogP) is 1.26. The second kappa shape index (κ2) is 6.36. The Hall–Kier alpha value is -0.610. The van der Waals surface area contributed by atoms with Crippen LogP contribution < -0.4 is 5.32 Å². The molecule has 4 heteroatoms. The highest BCUT2D eigenvalue weighted by Crippen LogP contribution is 2.40. The second-order valence-corrected chi connectivity index (χ2v) is 4.95. The van der Waals surface area contributed by atoms with Crippen LogP contribution in [0.2, 0.25) is 0 Å². The van der Waals surface area contributed by atoms with E-state index in [2.05, 4.69) is 24.2 Å². The SMILES string of the molecule is CCCN(C)CC(NC)(C(=O)OCC)C1CC1. The standard InChI is InChI=1S/C13H26N2O2/c1-5-9-15(4)10-13(14-3,11-7-8-11)12(16)17-6-2/h11,14H,5-10H2,1-4H3. The lowest BCUT2D eigenvalue weighted by atomic mass is 9.92. The summed E-state index contributed by atoms with van der Waals surface area (Å²) in [6.07, 6.45) is 3.35. The van der Waals surface area contributed by atoms with Crippen molar-refractivity contribution in [3.05, 3.63) is 0 Å². The first-order chi connectivity index (χ1) is 8.10. The van der Waals surface area contributed by atoms with Crippen LogP contribution in [0.25, 0.3) is 0 Å². The van der Waals surface area contributed by atoms with Gasteiger partial charge in [-0.25, -0.2) is 4.79 Å². The van der Waals surface area contributed by atoms with Crippen molar-refractivity contribution in [1.82, 2.24) is 10.2 Å². The van der Waals surface area contributed by atoms with Crippen molar-refractivity contribution >= 4 is 5.97 Å². The van der Waals surface area contributed by atoms with Gasteiger partial charge in [-0.1, -0.05) is 6.92 Å². The molecule has 1 aliphatic rings. The minimum Gasteiger partial charge on any atom is -0.465 e. The van der Waals surface area contributed by atoms with E-state index < -0.39 is 5.54 Å². The van der Waals surface area contributed by atoms with E-state index in [0.29, 0.717) is 12.5 Å². The maximum absolute atomic E-state index is 12.2. The number of carbonyl (C=O) groups excluding carboxylic acids is 1. The molecule has 0 aromatic heterocycles. The molecule has 0 spiro atoms. The quantitative estimate of drug-likeness (QED) is 0.651. The van der Waals surface area contributed by atoms with Crippen LogP contribution >= 0.6 is 0 Å². The highest BCUT2D eigenvalue weighted by atomic mass is 16.5. The first-order valence-electron chi connectivity index (χ1n) is 6.65. The minimum absolute atomic E-state index is 0.0899. The van der Waals surface area contributed by atoms with Gasteiger partial charge in [0.2, 0.25) is 0 Å². The molecule has 1 aliphatic carbocycles. The average molecular weight is 242 g/mol. The molecule has 0 bridgehead atoms. The van der Waals surface area contributed by atoms with Gasteiger partial charge in [-0.15, -0.1) is 0 Å². The van der Waals surface area contributed by atoms with Crippen LogP contribution in [0, 0.1) is 5.92 Å². The maximum atomic E-state index is 12.2. The smallest absolute Gasteiger partial charge is 0.327 e. The van der Waals surface area contributed by atoms with Gasteiger partial charge in [0.15, 0.2) is 0 Å². The molecule has 1 fully saturated rings. The Morgan fingerprint density at radius 1 is 1.47 bits per heavy atom. The number of esters is 1. The van der Waals surface area contributed by atoms with Gasteiger partial charge in [-0.05, 0) is 52.7 Å². The van der Waals surface area contributed by atoms with E-state index in [1.807, 2.05) is 14.0 Å². The molecule has 1 saturated carbocycles. The number of carbonyl (C=O) groups is 1. The van der Waals surface area contributed by atoms with Crippen LogP contribution in [0.4, 0.5) is 0 Å². The largest absolute Gasteiger partial charge is 0.465 e. The fourth-order valence-electron chi connectivity index (χ4n) is 2.47. The van der Waals surface area contributed by atoms with Crippen molar-refractivity contribution < 1.29 is 9.53 Å². The lowest BCUT2D eigenvalue weighted by Crippen LogP contribution is -2.59. The van der Waals surface area contributed by atoms with Crippen LogP contribution in [-0.4, -0.2) is 50.2 Å². The Morgan fingerprint density at radius 2 is 2.12 bits per heavy atom. The fraction of sp³-hybridized carbons (Fsp3) is 0.923. The zero-order chi connectivity index (χ0) is 12.9. The third-order valence-electron chi connectivity index (χ3n) is 3.48. The van der Waals surface area contributed by atoms with E-state index in [0.717, 1.165) is 32.4 Å². The number of nitrogens with one attached hydrogen (secondary N) is 1. The molecule has 0 aromatic rings. The highest BCUT2D eigenvalue weighted by molar-refractivity contribution is 5.82. The van der Waals surface area contributed by atoms with Gasteiger partial charge in [0.1, 0.15) is 5.54 Å². The van der Waals surface area contributed by atoms with Crippen LogP contribution in [0.5, 0.6) is 0 Å². The molecule has 17 heavy (non-hydrogen) atoms. The van der Waals surface area contributed by atoms with Crippen molar-refractivity contribution in [3.8, 4) is 0 Å². The first kappa shape index (κ1) is 14.5. The van der Waals surface area contributed by atoms with Gasteiger partial charge >= 0.3 is 5.97 Å². The van der Waals surface area contributed by atoms with Gasteiger partial charge in [-0.3, -0.25) is 0 Å². The summed E-state index contributed by atoms with van der Waals surface area (Å²) in [6.45, 7) is 6.21. The summed E-state index contributed by atoms with van der Waals surface area (Å²) in [6, 6.07) is 0. The number of likely N-dealkylation sites (N-methyl/N-ethyl adjacent to an activating group) is 2. The normalized spacial score (nSPS) is 19.1. The van der Waals surface area contributed by atoms with E-state index in [-0.39, 0.29) is 5.97 Å². The highest BCUT2D eigenvalue weighted by Gasteiger charge is 2.51. The molecule has 0 aromatic carbocycles. The zero-order valence-electron chi connectivity index (χ0n) is 11.6. The van der Waals surface area contributed by atoms with Crippen LogP contribution in [0.15, 0.2) is 0 Å². The van der Waals surface area contributed by atoms with E-state index in [1.165, 1.54) is 0 Å². The molecule has 1 unspecified atom stereocenters. The first-order valence-corrected chi connectivity index (χ1v) is 6.65. The molecule has 1 atom stereocenters. The molecule has 0 aliphatic heterocycles. The number of hydrogen-bond acceptors (Lipinski definition) is 4. The molecular weight excluding hydrogens is 216 g/mol. The third kappa shape index (κ3) is 3.42. The summed E-state index contributed by atoms with van der Waals surface area (Å²) < 4.78 is 5.25. The summed E-state index contributed by atoms with van der Waals surface area (Å²) in [5, 5.41) is 3.24. The summed E-state index contributed by atoms with van der Waals surface area (Å²) >= 11 is 0. The lowest BCUT2D eigenvalue weighted by molar-refractivity contribution is -0.153. The fourth-order valence-corrected chi connectivity index (χ4v) is 2.47. The molecule has 0 radical (unpaired) electrons. The van der Waals surface area contributed by atoms with Gasteiger partial charge in [0.05, 0.1) is 6.61 Å². The monoisotopic (exact) mass is 242 g/mol. The summed E-state index contributed by atoms with van der Waals surface area (Å²) in [4.78, 5) is 14.4. The Bertz CT molecular complexity index is 254. The van der Waals surface area contributed by atoms with Crippen molar-refractivity contribution in [3.63, 3.8) is 0 Å². The van der Waals surface area contributed by atoms with Gasteiger partial charge in [0, 0.05) is 6.54 Å². The van der Waals surface area contributed by atoms with Crippen molar-refractivity contribution in [2.45, 2.75) is 38.6 Å². The zero-order valence-corrected chi connectivity index (χ0v) is 11.6. The molecule has 4 nitrogen and oxygen atoms in total. The minimum atomic E-state index is -0.500. The summed E-state index contributed by atoms with van der Waals surface area (Å²) in [7, 11) is 3.94. The van der Waals surface area contributed by atoms with Gasteiger partial charge in [0.25, 0.3) is 0 Å². The Kier molecular flexibility index (Phi) is 5.40. The van der Waals surface area contributed by atoms with E-state index >= 15 is 0 Å². The summed E-state index contributed by atoms with van der Waals surface area (Å²) in [5.74, 6) is 0.346. The van der Waals surface area contributed by atoms with Crippen LogP contribution in [0.1, 0.15) is 33.1 Å². The number of ether oxygens (including phenoxy) is 1. The van der Waals surface area contributed by atoms with Crippen LogP contribution in [0.3, 0.4) is 0 Å². The molecule has 100 valence electrons. The number of rotatable bonds is 8. The maximum Gasteiger partial charge on any atom is 0.327 e.